The van der Waals surface area contributed by atoms with Crippen LogP contribution in [0.4, 0.5) is 0 Å². The van der Waals surface area contributed by atoms with Gasteiger partial charge in [0, 0.05) is 7.11 Å². The zero-order valence-electron chi connectivity index (χ0n) is 21.1. The maximum absolute atomic E-state index is 11.0. The van der Waals surface area contributed by atoms with E-state index in [4.69, 9.17) is 33.2 Å². The van der Waals surface area contributed by atoms with Gasteiger partial charge in [0.15, 0.2) is 18.9 Å². The average molecular weight is 579 g/mol. The van der Waals surface area contributed by atoms with Gasteiger partial charge in [-0.1, -0.05) is 0 Å². The second kappa shape index (κ2) is 13.5. The molecule has 0 radical (unpaired) electrons. The van der Waals surface area contributed by atoms with Crippen LogP contribution in [-0.2, 0) is 33.2 Å². The number of aliphatic hydroxyl groups excluding tert-OH is 9. The quantitative estimate of drug-likeness (QED) is 0.107. The van der Waals surface area contributed by atoms with E-state index >= 15 is 0 Å². The van der Waals surface area contributed by atoms with Crippen molar-refractivity contribution in [3.05, 3.63) is 0 Å². The van der Waals surface area contributed by atoms with Crippen LogP contribution in [0, 0.1) is 0 Å². The Morgan fingerprint density at radius 1 is 0.615 bits per heavy atom. The van der Waals surface area contributed by atoms with Crippen molar-refractivity contribution in [2.75, 3.05) is 26.9 Å². The van der Waals surface area contributed by atoms with Gasteiger partial charge in [-0.05, 0) is 6.92 Å². The van der Waals surface area contributed by atoms with Gasteiger partial charge in [0.05, 0.1) is 19.3 Å². The highest BCUT2D eigenvalue weighted by atomic mass is 16.8. The molecule has 3 heterocycles. The molecule has 0 bridgehead atoms. The molecule has 0 aromatic carbocycles. The van der Waals surface area contributed by atoms with Crippen molar-refractivity contribution in [1.29, 1.82) is 0 Å². The summed E-state index contributed by atoms with van der Waals surface area (Å²) in [6, 6.07) is 0. The predicted octanol–water partition coefficient (Wildman–Crippen LogP) is -7.24. The number of hydrogen-bond donors (Lipinski definition) is 11. The SMILES string of the molecule is COC1OC(CO)C(O)C(OC(O)(O)CO)C1OC1OC(C)C(O)C(OC2OC(CO)C(O)C(O)C2O)C1O. The molecule has 11 N–H and O–H groups in total. The van der Waals surface area contributed by atoms with E-state index in [1.807, 2.05) is 0 Å². The summed E-state index contributed by atoms with van der Waals surface area (Å²) in [5.41, 5.74) is 0. The van der Waals surface area contributed by atoms with E-state index in [1.165, 1.54) is 6.92 Å². The molecular weight excluding hydrogens is 540 g/mol. The van der Waals surface area contributed by atoms with Crippen LogP contribution in [0.25, 0.3) is 0 Å². The fourth-order valence-corrected chi connectivity index (χ4v) is 4.52. The smallest absolute Gasteiger partial charge is 0.302 e. The molecule has 0 saturated carbocycles. The van der Waals surface area contributed by atoms with E-state index in [0.29, 0.717) is 0 Å². The molecule has 0 aliphatic carbocycles. The lowest BCUT2D eigenvalue weighted by atomic mass is 9.96. The molecule has 3 fully saturated rings. The Morgan fingerprint density at radius 2 is 1.15 bits per heavy atom. The second-order valence-corrected chi connectivity index (χ2v) is 9.52. The van der Waals surface area contributed by atoms with Crippen molar-refractivity contribution in [3.8, 4) is 0 Å². The topological polar surface area (TPSA) is 287 Å². The molecule has 0 amide bonds. The zero-order chi connectivity index (χ0) is 29.2. The summed E-state index contributed by atoms with van der Waals surface area (Å²) in [5.74, 6) is -3.17. The Kier molecular flexibility index (Phi) is 11.4. The summed E-state index contributed by atoms with van der Waals surface area (Å²) < 4.78 is 37.7. The molecule has 3 saturated heterocycles. The molecule has 3 aliphatic heterocycles. The van der Waals surface area contributed by atoms with Crippen LogP contribution in [0.15, 0.2) is 0 Å². The van der Waals surface area contributed by atoms with E-state index in [2.05, 4.69) is 0 Å². The Bertz CT molecular complexity index is 756. The maximum Gasteiger partial charge on any atom is 0.302 e. The maximum atomic E-state index is 11.0. The van der Waals surface area contributed by atoms with Crippen LogP contribution in [0.3, 0.4) is 0 Å². The molecule has 3 aliphatic rings. The summed E-state index contributed by atoms with van der Waals surface area (Å²) >= 11 is 0. The summed E-state index contributed by atoms with van der Waals surface area (Å²) in [6.45, 7) is -1.47. The van der Waals surface area contributed by atoms with Crippen LogP contribution in [-0.4, -0.2) is 181 Å². The third-order valence-corrected chi connectivity index (χ3v) is 6.77. The number of ether oxygens (including phenoxy) is 7. The van der Waals surface area contributed by atoms with E-state index in [0.717, 1.165) is 7.11 Å². The van der Waals surface area contributed by atoms with Gasteiger partial charge in [-0.25, -0.2) is 0 Å². The Hall–Kier alpha value is -0.720. The largest absolute Gasteiger partial charge is 0.394 e. The van der Waals surface area contributed by atoms with Crippen LogP contribution >= 0.6 is 0 Å². The van der Waals surface area contributed by atoms with Crippen LogP contribution in [0.1, 0.15) is 6.92 Å². The van der Waals surface area contributed by atoms with Crippen molar-refractivity contribution in [3.63, 3.8) is 0 Å². The molecule has 230 valence electrons. The lowest BCUT2D eigenvalue weighted by Gasteiger charge is -2.48. The third-order valence-electron chi connectivity index (χ3n) is 6.77. The molecule has 0 spiro atoms. The third kappa shape index (κ3) is 7.02. The van der Waals surface area contributed by atoms with Crippen molar-refractivity contribution in [1.82, 2.24) is 0 Å². The average Bonchev–Trinajstić information content (AvgIpc) is 2.91. The fourth-order valence-electron chi connectivity index (χ4n) is 4.52. The number of aliphatic hydroxyl groups is 11. The first kappa shape index (κ1) is 32.8. The Labute approximate surface area is 222 Å². The van der Waals surface area contributed by atoms with E-state index in [1.54, 1.807) is 0 Å². The van der Waals surface area contributed by atoms with Gasteiger partial charge in [0.25, 0.3) is 0 Å². The van der Waals surface area contributed by atoms with Crippen molar-refractivity contribution < 1.29 is 89.3 Å². The van der Waals surface area contributed by atoms with Crippen molar-refractivity contribution in [2.24, 2.45) is 0 Å². The summed E-state index contributed by atoms with van der Waals surface area (Å²) in [6.07, 6.45) is -24.3. The van der Waals surface area contributed by atoms with Gasteiger partial charge in [-0.15, -0.1) is 0 Å². The molecule has 18 heteroatoms. The number of hydrogen-bond acceptors (Lipinski definition) is 18. The predicted molar refractivity (Wildman–Crippen MR) is 118 cm³/mol. The number of rotatable bonds is 10. The normalized spacial score (nSPS) is 47.8. The molecule has 15 unspecified atom stereocenters. The van der Waals surface area contributed by atoms with E-state index in [-0.39, 0.29) is 0 Å². The highest BCUT2D eigenvalue weighted by molar-refractivity contribution is 4.96. The lowest BCUT2D eigenvalue weighted by Crippen LogP contribution is -2.67. The molecule has 3 rings (SSSR count). The minimum atomic E-state index is -3.17. The Morgan fingerprint density at radius 3 is 1.72 bits per heavy atom. The first-order chi connectivity index (χ1) is 18.3. The summed E-state index contributed by atoms with van der Waals surface area (Å²) in [5, 5.41) is 110. The standard InChI is InChI=1S/C21H38O18/c1-6-9(25)15(37-18-13(29)12(28)10(26)7(3-22)35-18)14(30)19(34-6)38-17-16(39-21(31,32)5-24)11(27)8(4-23)36-20(17)33-2/h6-20,22-32H,3-5H2,1-2H3. The Balaban J connectivity index is 1.83. The van der Waals surface area contributed by atoms with Crippen LogP contribution < -0.4 is 0 Å². The highest BCUT2D eigenvalue weighted by Crippen LogP contribution is 2.34. The van der Waals surface area contributed by atoms with E-state index in [9.17, 15) is 56.2 Å². The molecule has 39 heavy (non-hydrogen) atoms. The molecule has 0 aromatic rings. The van der Waals surface area contributed by atoms with Gasteiger partial charge in [-0.2, -0.15) is 0 Å². The molecule has 15 atom stereocenters. The number of methoxy groups -OCH3 is 1. The molecular formula is C21H38O18. The van der Waals surface area contributed by atoms with Gasteiger partial charge in [-0.3, -0.25) is 0 Å². The monoisotopic (exact) mass is 578 g/mol. The van der Waals surface area contributed by atoms with Crippen LogP contribution in [0.5, 0.6) is 0 Å². The minimum absolute atomic E-state index is 0.753. The van der Waals surface area contributed by atoms with Gasteiger partial charge in [0.2, 0.25) is 0 Å². The first-order valence-corrected chi connectivity index (χ1v) is 12.1. The van der Waals surface area contributed by atoms with E-state index < -0.39 is 118 Å². The van der Waals surface area contributed by atoms with Crippen LogP contribution in [0.2, 0.25) is 0 Å². The molecule has 0 aromatic heterocycles. The first-order valence-electron chi connectivity index (χ1n) is 12.1. The summed E-state index contributed by atoms with van der Waals surface area (Å²) in [4.78, 5) is 0. The van der Waals surface area contributed by atoms with Gasteiger partial charge < -0.3 is 89.3 Å². The van der Waals surface area contributed by atoms with Crippen molar-refractivity contribution >= 4 is 0 Å². The van der Waals surface area contributed by atoms with Gasteiger partial charge >= 0.3 is 5.97 Å². The summed E-state index contributed by atoms with van der Waals surface area (Å²) in [7, 11) is 1.15. The minimum Gasteiger partial charge on any atom is -0.394 e. The second-order valence-electron chi connectivity index (χ2n) is 9.52. The zero-order valence-corrected chi connectivity index (χ0v) is 21.1. The fraction of sp³-hybridized carbons (Fsp3) is 1.00. The van der Waals surface area contributed by atoms with Crippen molar-refractivity contribution in [2.45, 2.75) is 105 Å². The molecule has 18 nitrogen and oxygen atoms in total. The van der Waals surface area contributed by atoms with Gasteiger partial charge in [0.1, 0.15) is 73.8 Å². The lowest BCUT2D eigenvalue weighted by molar-refractivity contribution is -0.424. The highest BCUT2D eigenvalue weighted by Gasteiger charge is 2.54.